The molecule has 0 aliphatic heterocycles. The highest BCUT2D eigenvalue weighted by Crippen LogP contribution is 2.05. The maximum absolute atomic E-state index is 11.2. The first-order chi connectivity index (χ1) is 7.26. The Balaban J connectivity index is 2.52. The van der Waals surface area contributed by atoms with Crippen molar-refractivity contribution in [1.82, 2.24) is 10.3 Å². The second kappa shape index (κ2) is 5.94. The first kappa shape index (κ1) is 11.4. The maximum atomic E-state index is 11.2. The molecule has 6 nitrogen and oxygen atoms in total. The van der Waals surface area contributed by atoms with Crippen molar-refractivity contribution in [2.75, 3.05) is 18.5 Å². The van der Waals surface area contributed by atoms with Gasteiger partial charge in [0, 0.05) is 19.3 Å². The summed E-state index contributed by atoms with van der Waals surface area (Å²) >= 11 is 0. The molecule has 0 aromatic carbocycles. The van der Waals surface area contributed by atoms with Crippen molar-refractivity contribution in [1.29, 1.82) is 0 Å². The van der Waals surface area contributed by atoms with Gasteiger partial charge in [0.2, 0.25) is 0 Å². The van der Waals surface area contributed by atoms with Crippen LogP contribution in [0.2, 0.25) is 0 Å². The lowest BCUT2D eigenvalue weighted by Crippen LogP contribution is -2.31. The zero-order valence-electron chi connectivity index (χ0n) is 8.23. The first-order valence-corrected chi connectivity index (χ1v) is 4.57. The lowest BCUT2D eigenvalue weighted by Gasteiger charge is -2.06. The summed E-state index contributed by atoms with van der Waals surface area (Å²) in [5, 5.41) is 13.5. The largest absolute Gasteiger partial charge is 0.395 e. The van der Waals surface area contributed by atoms with Gasteiger partial charge in [-0.2, -0.15) is 0 Å². The van der Waals surface area contributed by atoms with E-state index in [-0.39, 0.29) is 13.2 Å². The minimum absolute atomic E-state index is 0.0936. The number of carbonyl (C=O) groups excluding carboxylic acids is 1. The van der Waals surface area contributed by atoms with Crippen molar-refractivity contribution < 1.29 is 9.90 Å². The van der Waals surface area contributed by atoms with E-state index in [2.05, 4.69) is 15.6 Å². The van der Waals surface area contributed by atoms with Gasteiger partial charge in [0.25, 0.3) is 0 Å². The predicted octanol–water partition coefficient (Wildman–Crippen LogP) is -0.346. The molecule has 0 spiro atoms. The number of nitrogens with two attached hydrogens (primary N) is 1. The van der Waals surface area contributed by atoms with Gasteiger partial charge in [-0.3, -0.25) is 5.32 Å². The highest BCUT2D eigenvalue weighted by molar-refractivity contribution is 5.88. The van der Waals surface area contributed by atoms with Crippen LogP contribution in [0.15, 0.2) is 18.3 Å². The van der Waals surface area contributed by atoms with Crippen molar-refractivity contribution in [3.63, 3.8) is 0 Å². The second-order valence-electron chi connectivity index (χ2n) is 2.86. The average Bonchev–Trinajstić information content (AvgIpc) is 2.26. The SMILES string of the molecule is NCc1ccnc(NC(=O)NCCO)c1. The van der Waals surface area contributed by atoms with E-state index in [9.17, 15) is 4.79 Å². The molecule has 1 aromatic heterocycles. The van der Waals surface area contributed by atoms with E-state index < -0.39 is 6.03 Å². The third-order valence-electron chi connectivity index (χ3n) is 1.70. The number of amides is 2. The zero-order chi connectivity index (χ0) is 11.1. The average molecular weight is 210 g/mol. The van der Waals surface area contributed by atoms with Crippen LogP contribution < -0.4 is 16.4 Å². The van der Waals surface area contributed by atoms with Crippen LogP contribution in [0.5, 0.6) is 0 Å². The van der Waals surface area contributed by atoms with Gasteiger partial charge in [-0.05, 0) is 17.7 Å². The number of pyridine rings is 1. The lowest BCUT2D eigenvalue weighted by molar-refractivity contribution is 0.244. The van der Waals surface area contributed by atoms with Crippen LogP contribution >= 0.6 is 0 Å². The third kappa shape index (κ3) is 3.92. The number of rotatable bonds is 4. The summed E-state index contributed by atoms with van der Waals surface area (Å²) in [6.07, 6.45) is 1.57. The minimum atomic E-state index is -0.397. The molecule has 2 amide bonds. The molecule has 1 heterocycles. The quantitative estimate of drug-likeness (QED) is 0.546. The number of urea groups is 1. The van der Waals surface area contributed by atoms with Crippen LogP contribution in [-0.2, 0) is 6.54 Å². The van der Waals surface area contributed by atoms with Crippen LogP contribution in [-0.4, -0.2) is 29.3 Å². The Labute approximate surface area is 87.5 Å². The van der Waals surface area contributed by atoms with Gasteiger partial charge in [0.15, 0.2) is 0 Å². The minimum Gasteiger partial charge on any atom is -0.395 e. The van der Waals surface area contributed by atoms with Crippen LogP contribution in [0.1, 0.15) is 5.56 Å². The molecule has 0 radical (unpaired) electrons. The molecule has 0 bridgehead atoms. The Bertz CT molecular complexity index is 330. The zero-order valence-corrected chi connectivity index (χ0v) is 8.23. The van der Waals surface area contributed by atoms with E-state index in [1.54, 1.807) is 18.3 Å². The molecule has 0 atom stereocenters. The summed E-state index contributed by atoms with van der Waals surface area (Å²) in [5.41, 5.74) is 6.33. The van der Waals surface area contributed by atoms with E-state index in [4.69, 9.17) is 10.8 Å². The topological polar surface area (TPSA) is 100 Å². The summed E-state index contributed by atoms with van der Waals surface area (Å²) in [7, 11) is 0. The number of nitrogens with one attached hydrogen (secondary N) is 2. The number of nitrogens with zero attached hydrogens (tertiary/aromatic N) is 1. The van der Waals surface area contributed by atoms with Crippen molar-refractivity contribution in [2.24, 2.45) is 5.73 Å². The molecular weight excluding hydrogens is 196 g/mol. The summed E-state index contributed by atoms with van der Waals surface area (Å²) < 4.78 is 0. The summed E-state index contributed by atoms with van der Waals surface area (Å²) in [6, 6.07) is 3.07. The Morgan fingerprint density at radius 1 is 1.60 bits per heavy atom. The van der Waals surface area contributed by atoms with Gasteiger partial charge in [0.05, 0.1) is 6.61 Å². The van der Waals surface area contributed by atoms with Crippen molar-refractivity contribution >= 4 is 11.8 Å². The van der Waals surface area contributed by atoms with Gasteiger partial charge < -0.3 is 16.2 Å². The summed E-state index contributed by atoms with van der Waals surface area (Å²) in [4.78, 5) is 15.1. The lowest BCUT2D eigenvalue weighted by atomic mass is 10.2. The molecule has 0 unspecified atom stereocenters. The number of hydrogen-bond acceptors (Lipinski definition) is 4. The van der Waals surface area contributed by atoms with Crippen molar-refractivity contribution in [3.8, 4) is 0 Å². The van der Waals surface area contributed by atoms with E-state index in [0.717, 1.165) is 5.56 Å². The molecule has 6 heteroatoms. The number of aliphatic hydroxyl groups excluding tert-OH is 1. The molecule has 1 aromatic rings. The highest BCUT2D eigenvalue weighted by atomic mass is 16.3. The van der Waals surface area contributed by atoms with E-state index >= 15 is 0 Å². The van der Waals surface area contributed by atoms with Crippen LogP contribution in [0, 0.1) is 0 Å². The Morgan fingerprint density at radius 3 is 3.07 bits per heavy atom. The molecular formula is C9H14N4O2. The van der Waals surface area contributed by atoms with Gasteiger partial charge in [-0.1, -0.05) is 0 Å². The van der Waals surface area contributed by atoms with Crippen molar-refractivity contribution in [3.05, 3.63) is 23.9 Å². The fraction of sp³-hybridized carbons (Fsp3) is 0.333. The number of anilines is 1. The monoisotopic (exact) mass is 210 g/mol. The Morgan fingerprint density at radius 2 is 2.40 bits per heavy atom. The highest BCUT2D eigenvalue weighted by Gasteiger charge is 2.01. The normalized spacial score (nSPS) is 9.73. The van der Waals surface area contributed by atoms with E-state index in [1.807, 2.05) is 0 Å². The van der Waals surface area contributed by atoms with Crippen molar-refractivity contribution in [2.45, 2.75) is 6.54 Å². The Hall–Kier alpha value is -1.66. The molecule has 1 rings (SSSR count). The maximum Gasteiger partial charge on any atom is 0.320 e. The second-order valence-corrected chi connectivity index (χ2v) is 2.86. The summed E-state index contributed by atoms with van der Waals surface area (Å²) in [6.45, 7) is 0.515. The van der Waals surface area contributed by atoms with Crippen LogP contribution in [0.3, 0.4) is 0 Å². The first-order valence-electron chi connectivity index (χ1n) is 4.57. The fourth-order valence-corrected chi connectivity index (χ4v) is 1.000. The number of carbonyl (C=O) groups is 1. The van der Waals surface area contributed by atoms with E-state index in [1.165, 1.54) is 0 Å². The van der Waals surface area contributed by atoms with Gasteiger partial charge in [-0.15, -0.1) is 0 Å². The van der Waals surface area contributed by atoms with Gasteiger partial charge in [0.1, 0.15) is 5.82 Å². The molecule has 0 saturated carbocycles. The molecule has 82 valence electrons. The molecule has 0 fully saturated rings. The van der Waals surface area contributed by atoms with Gasteiger partial charge >= 0.3 is 6.03 Å². The number of aromatic nitrogens is 1. The number of hydrogen-bond donors (Lipinski definition) is 4. The molecule has 0 aliphatic rings. The molecule has 0 aliphatic carbocycles. The van der Waals surface area contributed by atoms with Crippen LogP contribution in [0.4, 0.5) is 10.6 Å². The standard InChI is InChI=1S/C9H14N4O2/c10-6-7-1-2-11-8(5-7)13-9(15)12-3-4-14/h1-2,5,14H,3-4,6,10H2,(H2,11,12,13,15). The van der Waals surface area contributed by atoms with Gasteiger partial charge in [-0.25, -0.2) is 9.78 Å². The van der Waals surface area contributed by atoms with E-state index in [0.29, 0.717) is 12.4 Å². The molecule has 15 heavy (non-hydrogen) atoms. The number of aliphatic hydroxyl groups is 1. The van der Waals surface area contributed by atoms with Crippen LogP contribution in [0.25, 0.3) is 0 Å². The Kier molecular flexibility index (Phi) is 4.52. The fourth-order valence-electron chi connectivity index (χ4n) is 1.000. The third-order valence-corrected chi connectivity index (χ3v) is 1.70. The smallest absolute Gasteiger partial charge is 0.320 e. The summed E-state index contributed by atoms with van der Waals surface area (Å²) in [5.74, 6) is 0.438. The predicted molar refractivity (Wildman–Crippen MR) is 56.2 cm³/mol. The molecule has 0 saturated heterocycles. The molecule has 5 N–H and O–H groups in total.